The zero-order valence-corrected chi connectivity index (χ0v) is 15.9. The molecule has 1 unspecified atom stereocenters. The van der Waals surface area contributed by atoms with Crippen LogP contribution in [0.4, 0.5) is 5.00 Å². The Kier molecular flexibility index (Phi) is 6.37. The molecule has 134 valence electrons. The third kappa shape index (κ3) is 4.63. The van der Waals surface area contributed by atoms with Gasteiger partial charge in [-0.3, -0.25) is 4.99 Å². The van der Waals surface area contributed by atoms with Crippen LogP contribution < -0.4 is 10.2 Å². The average molecular weight is 350 g/mol. The molecular formula is C18H31N5S. The molecular weight excluding hydrogens is 318 g/mol. The van der Waals surface area contributed by atoms with E-state index >= 15 is 0 Å². The van der Waals surface area contributed by atoms with Crippen molar-refractivity contribution in [3.8, 4) is 0 Å². The lowest BCUT2D eigenvalue weighted by molar-refractivity contribution is 0.285. The normalized spacial score (nSPS) is 21.3. The molecule has 2 saturated heterocycles. The first-order valence-electron chi connectivity index (χ1n) is 9.22. The molecule has 24 heavy (non-hydrogen) atoms. The standard InChI is InChI=1S/C18H31N5S/c1-16(15-21-7-3-4-8-21)14-20-18(19-2)23-11-9-22(10-12-23)17-6-5-13-24-17/h5-6,13,16H,3-4,7-12,14-15H2,1-2H3,(H,19,20). The SMILES string of the molecule is CN=C(NCC(C)CN1CCCC1)N1CCN(c2cccs2)CC1. The molecule has 0 bridgehead atoms. The fourth-order valence-corrected chi connectivity index (χ4v) is 4.44. The van der Waals surface area contributed by atoms with Gasteiger partial charge in [0.25, 0.3) is 0 Å². The number of guanidine groups is 1. The van der Waals surface area contributed by atoms with Crippen LogP contribution in [-0.4, -0.2) is 75.2 Å². The highest BCUT2D eigenvalue weighted by Crippen LogP contribution is 2.22. The fraction of sp³-hybridized carbons (Fsp3) is 0.722. The van der Waals surface area contributed by atoms with Gasteiger partial charge in [0.15, 0.2) is 5.96 Å². The molecule has 0 spiro atoms. The predicted molar refractivity (Wildman–Crippen MR) is 104 cm³/mol. The zero-order chi connectivity index (χ0) is 16.8. The van der Waals surface area contributed by atoms with Gasteiger partial charge < -0.3 is 20.0 Å². The van der Waals surface area contributed by atoms with Crippen LogP contribution in [-0.2, 0) is 0 Å². The fourth-order valence-electron chi connectivity index (χ4n) is 3.66. The van der Waals surface area contributed by atoms with Crippen LogP contribution in [0.2, 0.25) is 0 Å². The highest BCUT2D eigenvalue weighted by molar-refractivity contribution is 7.14. The minimum absolute atomic E-state index is 0.659. The topological polar surface area (TPSA) is 34.1 Å². The number of nitrogens with one attached hydrogen (secondary N) is 1. The van der Waals surface area contributed by atoms with E-state index in [-0.39, 0.29) is 0 Å². The number of thiophene rings is 1. The van der Waals surface area contributed by atoms with Crippen LogP contribution in [0.3, 0.4) is 0 Å². The molecule has 0 amide bonds. The van der Waals surface area contributed by atoms with E-state index in [0.29, 0.717) is 5.92 Å². The molecule has 2 aliphatic rings. The van der Waals surface area contributed by atoms with Crippen LogP contribution in [0.25, 0.3) is 0 Å². The number of likely N-dealkylation sites (tertiary alicyclic amines) is 1. The summed E-state index contributed by atoms with van der Waals surface area (Å²) in [6.07, 6.45) is 2.74. The molecule has 1 atom stereocenters. The molecule has 0 aliphatic carbocycles. The zero-order valence-electron chi connectivity index (χ0n) is 15.1. The molecule has 5 nitrogen and oxygen atoms in total. The number of anilines is 1. The lowest BCUT2D eigenvalue weighted by atomic mass is 10.1. The monoisotopic (exact) mass is 349 g/mol. The van der Waals surface area contributed by atoms with Gasteiger partial charge in [-0.15, -0.1) is 11.3 Å². The molecule has 0 aromatic carbocycles. The van der Waals surface area contributed by atoms with Gasteiger partial charge in [0.05, 0.1) is 5.00 Å². The first kappa shape index (κ1) is 17.5. The summed E-state index contributed by atoms with van der Waals surface area (Å²) in [7, 11) is 1.90. The van der Waals surface area contributed by atoms with Gasteiger partial charge in [-0.2, -0.15) is 0 Å². The second kappa shape index (κ2) is 8.72. The van der Waals surface area contributed by atoms with E-state index in [0.717, 1.165) is 38.7 Å². The van der Waals surface area contributed by atoms with E-state index in [9.17, 15) is 0 Å². The molecule has 6 heteroatoms. The summed E-state index contributed by atoms with van der Waals surface area (Å²) in [5.74, 6) is 1.72. The molecule has 2 aliphatic heterocycles. The Bertz CT molecular complexity index is 501. The van der Waals surface area contributed by atoms with E-state index < -0.39 is 0 Å². The molecule has 1 N–H and O–H groups in total. The maximum absolute atomic E-state index is 4.51. The Labute approximate surface area is 150 Å². The Morgan fingerprint density at radius 2 is 1.96 bits per heavy atom. The van der Waals surface area contributed by atoms with Crippen molar-refractivity contribution in [3.63, 3.8) is 0 Å². The third-order valence-corrected chi connectivity index (χ3v) is 5.92. The average Bonchev–Trinajstić information content (AvgIpc) is 3.29. The number of hydrogen-bond donors (Lipinski definition) is 1. The van der Waals surface area contributed by atoms with Gasteiger partial charge in [0.2, 0.25) is 0 Å². The van der Waals surface area contributed by atoms with Gasteiger partial charge >= 0.3 is 0 Å². The second-order valence-electron chi connectivity index (χ2n) is 6.97. The van der Waals surface area contributed by atoms with E-state index in [1.807, 2.05) is 18.4 Å². The van der Waals surface area contributed by atoms with Gasteiger partial charge in [0, 0.05) is 46.3 Å². The molecule has 1 aromatic heterocycles. The maximum Gasteiger partial charge on any atom is 0.193 e. The van der Waals surface area contributed by atoms with E-state index in [1.54, 1.807) is 0 Å². The number of nitrogens with zero attached hydrogens (tertiary/aromatic N) is 4. The Morgan fingerprint density at radius 1 is 1.21 bits per heavy atom. The second-order valence-corrected chi connectivity index (χ2v) is 7.89. The quantitative estimate of drug-likeness (QED) is 0.653. The van der Waals surface area contributed by atoms with Crippen molar-refractivity contribution in [2.45, 2.75) is 19.8 Å². The third-order valence-electron chi connectivity index (χ3n) is 4.99. The Hall–Kier alpha value is -1.27. The molecule has 1 aromatic rings. The Morgan fingerprint density at radius 3 is 2.58 bits per heavy atom. The molecule has 0 radical (unpaired) electrons. The molecule has 2 fully saturated rings. The van der Waals surface area contributed by atoms with Crippen molar-refractivity contribution in [2.75, 3.05) is 64.3 Å². The minimum atomic E-state index is 0.659. The number of piperazine rings is 1. The highest BCUT2D eigenvalue weighted by Gasteiger charge is 2.21. The number of aliphatic imine (C=N–C) groups is 1. The number of rotatable bonds is 5. The van der Waals surface area contributed by atoms with Gasteiger partial charge in [-0.1, -0.05) is 6.92 Å². The van der Waals surface area contributed by atoms with Crippen molar-refractivity contribution in [1.82, 2.24) is 15.1 Å². The van der Waals surface area contributed by atoms with Gasteiger partial charge in [-0.05, 0) is 49.4 Å². The smallest absolute Gasteiger partial charge is 0.193 e. The van der Waals surface area contributed by atoms with E-state index in [4.69, 9.17) is 0 Å². The first-order valence-corrected chi connectivity index (χ1v) is 10.1. The van der Waals surface area contributed by atoms with Crippen LogP contribution >= 0.6 is 11.3 Å². The van der Waals surface area contributed by atoms with Crippen LogP contribution in [0.5, 0.6) is 0 Å². The minimum Gasteiger partial charge on any atom is -0.360 e. The van der Waals surface area contributed by atoms with E-state index in [1.165, 1.54) is 37.5 Å². The van der Waals surface area contributed by atoms with Gasteiger partial charge in [-0.25, -0.2) is 0 Å². The van der Waals surface area contributed by atoms with Crippen LogP contribution in [0, 0.1) is 5.92 Å². The molecule has 3 heterocycles. The molecule has 0 saturated carbocycles. The first-order chi connectivity index (χ1) is 11.8. The van der Waals surface area contributed by atoms with Crippen molar-refractivity contribution >= 4 is 22.3 Å². The summed E-state index contributed by atoms with van der Waals surface area (Å²) in [5.41, 5.74) is 0. The Balaban J connectivity index is 1.41. The van der Waals surface area contributed by atoms with Crippen LogP contribution in [0.1, 0.15) is 19.8 Å². The summed E-state index contributed by atoms with van der Waals surface area (Å²) < 4.78 is 0. The highest BCUT2D eigenvalue weighted by atomic mass is 32.1. The summed E-state index contributed by atoms with van der Waals surface area (Å²) in [6, 6.07) is 4.35. The van der Waals surface area contributed by atoms with Crippen molar-refractivity contribution in [2.24, 2.45) is 10.9 Å². The number of hydrogen-bond acceptors (Lipinski definition) is 4. The summed E-state index contributed by atoms with van der Waals surface area (Å²) in [4.78, 5) is 12.0. The summed E-state index contributed by atoms with van der Waals surface area (Å²) >= 11 is 1.83. The van der Waals surface area contributed by atoms with E-state index in [2.05, 4.69) is 49.4 Å². The van der Waals surface area contributed by atoms with Crippen molar-refractivity contribution in [3.05, 3.63) is 17.5 Å². The summed E-state index contributed by atoms with van der Waals surface area (Å²) in [5, 5.41) is 7.14. The predicted octanol–water partition coefficient (Wildman–Crippen LogP) is 2.18. The lowest BCUT2D eigenvalue weighted by Gasteiger charge is -2.37. The van der Waals surface area contributed by atoms with Crippen molar-refractivity contribution in [1.29, 1.82) is 0 Å². The van der Waals surface area contributed by atoms with Crippen molar-refractivity contribution < 1.29 is 0 Å². The van der Waals surface area contributed by atoms with Crippen LogP contribution in [0.15, 0.2) is 22.5 Å². The molecule has 3 rings (SSSR count). The van der Waals surface area contributed by atoms with Gasteiger partial charge in [0.1, 0.15) is 0 Å². The largest absolute Gasteiger partial charge is 0.360 e. The summed E-state index contributed by atoms with van der Waals surface area (Å²) in [6.45, 7) is 11.3. The maximum atomic E-state index is 4.51. The lowest BCUT2D eigenvalue weighted by Crippen LogP contribution is -2.53.